The number of benzene rings is 1. The zero-order valence-corrected chi connectivity index (χ0v) is 9.90. The number of alkyl halides is 2. The van der Waals surface area contributed by atoms with Crippen molar-refractivity contribution in [2.75, 3.05) is 5.32 Å². The molecule has 100 valence electrons. The molecule has 6 heteroatoms. The van der Waals surface area contributed by atoms with E-state index >= 15 is 0 Å². The Labute approximate surface area is 104 Å². The third kappa shape index (κ3) is 5.47. The maximum absolute atomic E-state index is 11.9. The van der Waals surface area contributed by atoms with Crippen molar-refractivity contribution >= 4 is 11.7 Å². The van der Waals surface area contributed by atoms with Crippen LogP contribution in [0.1, 0.15) is 19.8 Å². The van der Waals surface area contributed by atoms with Crippen LogP contribution in [0.2, 0.25) is 0 Å². The van der Waals surface area contributed by atoms with Crippen LogP contribution in [-0.2, 0) is 4.79 Å². The predicted octanol–water partition coefficient (Wildman–Crippen LogP) is 2.95. The Balaban J connectivity index is 2.45. The van der Waals surface area contributed by atoms with E-state index in [-0.39, 0.29) is 18.2 Å². The standard InChI is InChI=1S/C12H15F2NO3/c1-8(2-7-11(16)17)15-9-3-5-10(6-4-9)18-12(13)14/h3-6,8,12,15H,2,7H2,1H3,(H,16,17). The third-order valence-electron chi connectivity index (χ3n) is 2.28. The second-order valence-corrected chi connectivity index (χ2v) is 3.88. The first-order valence-electron chi connectivity index (χ1n) is 5.50. The van der Waals surface area contributed by atoms with Crippen molar-refractivity contribution in [2.24, 2.45) is 0 Å². The Hall–Kier alpha value is -1.85. The molecule has 0 saturated carbocycles. The van der Waals surface area contributed by atoms with Crippen LogP contribution in [-0.4, -0.2) is 23.7 Å². The summed E-state index contributed by atoms with van der Waals surface area (Å²) in [5, 5.41) is 11.6. The third-order valence-corrected chi connectivity index (χ3v) is 2.28. The van der Waals surface area contributed by atoms with Crippen molar-refractivity contribution < 1.29 is 23.4 Å². The molecule has 4 nitrogen and oxygen atoms in total. The molecular formula is C12H15F2NO3. The molecule has 0 aliphatic heterocycles. The van der Waals surface area contributed by atoms with E-state index in [4.69, 9.17) is 5.11 Å². The number of rotatable bonds is 7. The van der Waals surface area contributed by atoms with Crippen LogP contribution in [0.25, 0.3) is 0 Å². The van der Waals surface area contributed by atoms with E-state index in [9.17, 15) is 13.6 Å². The van der Waals surface area contributed by atoms with Crippen molar-refractivity contribution in [1.82, 2.24) is 0 Å². The van der Waals surface area contributed by atoms with E-state index in [1.165, 1.54) is 12.1 Å². The maximum Gasteiger partial charge on any atom is 0.387 e. The first kappa shape index (κ1) is 14.2. The van der Waals surface area contributed by atoms with Crippen LogP contribution >= 0.6 is 0 Å². The fourth-order valence-corrected chi connectivity index (χ4v) is 1.43. The molecule has 0 spiro atoms. The van der Waals surface area contributed by atoms with E-state index in [0.29, 0.717) is 6.42 Å². The summed E-state index contributed by atoms with van der Waals surface area (Å²) in [6, 6.07) is 6.06. The summed E-state index contributed by atoms with van der Waals surface area (Å²) in [4.78, 5) is 10.4. The van der Waals surface area contributed by atoms with Gasteiger partial charge in [0.05, 0.1) is 0 Å². The number of halogens is 2. The van der Waals surface area contributed by atoms with E-state index in [2.05, 4.69) is 10.1 Å². The topological polar surface area (TPSA) is 58.6 Å². The summed E-state index contributed by atoms with van der Waals surface area (Å²) in [5.74, 6) is -0.752. The average Bonchev–Trinajstić information content (AvgIpc) is 2.28. The van der Waals surface area contributed by atoms with Crippen LogP contribution in [0.5, 0.6) is 5.75 Å². The SMILES string of the molecule is CC(CCC(=O)O)Nc1ccc(OC(F)F)cc1. The van der Waals surface area contributed by atoms with E-state index in [1.54, 1.807) is 12.1 Å². The van der Waals surface area contributed by atoms with Crippen LogP contribution < -0.4 is 10.1 Å². The van der Waals surface area contributed by atoms with Crippen LogP contribution in [0, 0.1) is 0 Å². The minimum Gasteiger partial charge on any atom is -0.481 e. The number of carbonyl (C=O) groups is 1. The van der Waals surface area contributed by atoms with Crippen molar-refractivity contribution in [2.45, 2.75) is 32.4 Å². The lowest BCUT2D eigenvalue weighted by molar-refractivity contribution is -0.137. The predicted molar refractivity (Wildman–Crippen MR) is 63.0 cm³/mol. The van der Waals surface area contributed by atoms with E-state index < -0.39 is 12.6 Å². The molecule has 0 saturated heterocycles. The number of aliphatic carboxylic acids is 1. The van der Waals surface area contributed by atoms with Crippen molar-refractivity contribution in [3.63, 3.8) is 0 Å². The molecule has 1 aromatic carbocycles. The second-order valence-electron chi connectivity index (χ2n) is 3.88. The summed E-state index contributed by atoms with van der Waals surface area (Å²) in [5.41, 5.74) is 0.731. The monoisotopic (exact) mass is 259 g/mol. The molecule has 18 heavy (non-hydrogen) atoms. The van der Waals surface area contributed by atoms with E-state index in [0.717, 1.165) is 5.69 Å². The highest BCUT2D eigenvalue weighted by atomic mass is 19.3. The largest absolute Gasteiger partial charge is 0.481 e. The molecule has 0 amide bonds. The lowest BCUT2D eigenvalue weighted by Crippen LogP contribution is -2.16. The number of nitrogens with one attached hydrogen (secondary N) is 1. The van der Waals surface area contributed by atoms with Crippen molar-refractivity contribution in [3.8, 4) is 5.75 Å². The smallest absolute Gasteiger partial charge is 0.387 e. The van der Waals surface area contributed by atoms with Gasteiger partial charge in [0.1, 0.15) is 5.75 Å². The highest BCUT2D eigenvalue weighted by Crippen LogP contribution is 2.18. The Bertz CT molecular complexity index is 381. The summed E-state index contributed by atoms with van der Waals surface area (Å²) >= 11 is 0. The molecule has 1 rings (SSSR count). The van der Waals surface area contributed by atoms with Gasteiger partial charge in [-0.1, -0.05) is 0 Å². The molecule has 0 aliphatic carbocycles. The van der Waals surface area contributed by atoms with Gasteiger partial charge in [-0.05, 0) is 37.6 Å². The van der Waals surface area contributed by atoms with Gasteiger partial charge in [-0.2, -0.15) is 8.78 Å². The van der Waals surface area contributed by atoms with Crippen LogP contribution in [0.15, 0.2) is 24.3 Å². The first-order chi connectivity index (χ1) is 8.47. The van der Waals surface area contributed by atoms with Crippen LogP contribution in [0.4, 0.5) is 14.5 Å². The molecule has 0 aromatic heterocycles. The molecule has 0 heterocycles. The van der Waals surface area contributed by atoms with Crippen molar-refractivity contribution in [1.29, 1.82) is 0 Å². The molecule has 1 unspecified atom stereocenters. The van der Waals surface area contributed by atoms with Crippen molar-refractivity contribution in [3.05, 3.63) is 24.3 Å². The minimum atomic E-state index is -2.83. The molecule has 2 N–H and O–H groups in total. The highest BCUT2D eigenvalue weighted by Gasteiger charge is 2.06. The van der Waals surface area contributed by atoms with Gasteiger partial charge < -0.3 is 15.2 Å². The van der Waals surface area contributed by atoms with Crippen LogP contribution in [0.3, 0.4) is 0 Å². The summed E-state index contributed by atoms with van der Waals surface area (Å²) in [6.07, 6.45) is 0.575. The van der Waals surface area contributed by atoms with Gasteiger partial charge >= 0.3 is 12.6 Å². The number of ether oxygens (including phenoxy) is 1. The number of hydrogen-bond acceptors (Lipinski definition) is 3. The van der Waals surface area contributed by atoms with Gasteiger partial charge in [0.25, 0.3) is 0 Å². The molecule has 1 atom stereocenters. The first-order valence-corrected chi connectivity index (χ1v) is 5.50. The van der Waals surface area contributed by atoms with E-state index in [1.807, 2.05) is 6.92 Å². The minimum absolute atomic E-state index is 0.0111. The molecule has 1 aromatic rings. The zero-order valence-electron chi connectivity index (χ0n) is 9.90. The zero-order chi connectivity index (χ0) is 13.5. The quantitative estimate of drug-likeness (QED) is 0.790. The maximum atomic E-state index is 11.9. The summed E-state index contributed by atoms with van der Waals surface area (Å²) < 4.78 is 28.0. The Kier molecular flexibility index (Phi) is 5.35. The van der Waals surface area contributed by atoms with Gasteiger partial charge in [0.2, 0.25) is 0 Å². The molecular weight excluding hydrogens is 244 g/mol. The number of hydrogen-bond donors (Lipinski definition) is 2. The molecule has 0 bridgehead atoms. The number of anilines is 1. The average molecular weight is 259 g/mol. The lowest BCUT2D eigenvalue weighted by atomic mass is 10.1. The fourth-order valence-electron chi connectivity index (χ4n) is 1.43. The summed E-state index contributed by atoms with van der Waals surface area (Å²) in [7, 11) is 0. The summed E-state index contributed by atoms with van der Waals surface area (Å²) in [6.45, 7) is -0.981. The Morgan fingerprint density at radius 2 is 2.00 bits per heavy atom. The van der Waals surface area contributed by atoms with Gasteiger partial charge in [-0.25, -0.2) is 0 Å². The van der Waals surface area contributed by atoms with Gasteiger partial charge in [0, 0.05) is 18.2 Å². The van der Waals surface area contributed by atoms with Gasteiger partial charge in [-0.15, -0.1) is 0 Å². The fraction of sp³-hybridized carbons (Fsp3) is 0.417. The number of carboxylic acids is 1. The lowest BCUT2D eigenvalue weighted by Gasteiger charge is -2.14. The van der Waals surface area contributed by atoms with Gasteiger partial charge in [0.15, 0.2) is 0 Å². The van der Waals surface area contributed by atoms with Gasteiger partial charge in [-0.3, -0.25) is 4.79 Å². The highest BCUT2D eigenvalue weighted by molar-refractivity contribution is 5.66. The Morgan fingerprint density at radius 3 is 2.50 bits per heavy atom. The molecule has 0 radical (unpaired) electrons. The molecule has 0 fully saturated rings. The normalized spacial score (nSPS) is 12.2. The molecule has 0 aliphatic rings. The number of carboxylic acid groups (broad SMARTS) is 1. The second kappa shape index (κ2) is 6.78. The Morgan fingerprint density at radius 1 is 1.39 bits per heavy atom.